The van der Waals surface area contributed by atoms with Gasteiger partial charge in [-0.3, -0.25) is 19.3 Å². The number of rotatable bonds is 5. The highest BCUT2D eigenvalue weighted by Gasteiger charge is 2.43. The van der Waals surface area contributed by atoms with Crippen molar-refractivity contribution in [1.29, 1.82) is 0 Å². The van der Waals surface area contributed by atoms with Gasteiger partial charge < -0.3 is 9.47 Å². The van der Waals surface area contributed by atoms with Crippen LogP contribution in [-0.4, -0.2) is 49.3 Å². The highest BCUT2D eigenvalue weighted by atomic mass is 16.5. The number of ether oxygens (including phenoxy) is 2. The van der Waals surface area contributed by atoms with Gasteiger partial charge in [0.2, 0.25) is 5.91 Å². The Bertz CT molecular complexity index is 1010. The quantitative estimate of drug-likeness (QED) is 0.559. The Morgan fingerprint density at radius 3 is 2.23 bits per heavy atom. The number of methoxy groups -OCH3 is 2. The molecule has 156 valence electrons. The third-order valence-corrected chi connectivity index (χ3v) is 5.84. The molecule has 0 spiro atoms. The maximum Gasteiger partial charge on any atom is 0.251 e. The third kappa shape index (κ3) is 3.45. The molecule has 0 aliphatic carbocycles. The summed E-state index contributed by atoms with van der Waals surface area (Å²) in [5, 5.41) is 0. The Labute approximate surface area is 175 Å². The molecule has 1 fully saturated rings. The van der Waals surface area contributed by atoms with Gasteiger partial charge in [0, 0.05) is 18.7 Å². The first-order chi connectivity index (χ1) is 14.4. The molecule has 2 aromatic carbocycles. The zero-order valence-corrected chi connectivity index (χ0v) is 17.3. The molecule has 0 aromatic heterocycles. The average molecular weight is 408 g/mol. The lowest BCUT2D eigenvalue weighted by atomic mass is 9.97. The van der Waals surface area contributed by atoms with Crippen LogP contribution in [0.25, 0.3) is 0 Å². The maximum atomic E-state index is 13.1. The van der Waals surface area contributed by atoms with Crippen LogP contribution >= 0.6 is 0 Å². The minimum Gasteiger partial charge on any atom is -0.493 e. The van der Waals surface area contributed by atoms with Crippen LogP contribution in [0.3, 0.4) is 0 Å². The SMILES string of the molecule is COc1cc2c(cc1OC)CN([C@@H]1CC(=O)N(c3ccc(C(C)=O)cc3)C1=O)CC2. The molecule has 2 aliphatic heterocycles. The number of fused-ring (bicyclic) bond motifs is 1. The van der Waals surface area contributed by atoms with E-state index in [1.54, 1.807) is 38.5 Å². The lowest BCUT2D eigenvalue weighted by molar-refractivity contribution is -0.123. The standard InChI is InChI=1S/C23H24N2O5/c1-14(26)15-4-6-18(7-5-15)25-22(27)12-19(23(25)28)24-9-8-16-10-20(29-2)21(30-3)11-17(16)13-24/h4-7,10-11,19H,8-9,12-13H2,1-3H3/t19-/m1/s1. The molecule has 2 amide bonds. The minimum absolute atomic E-state index is 0.0578. The van der Waals surface area contributed by atoms with Gasteiger partial charge in [-0.05, 0) is 60.9 Å². The Balaban J connectivity index is 1.55. The molecule has 0 unspecified atom stereocenters. The summed E-state index contributed by atoms with van der Waals surface area (Å²) >= 11 is 0. The molecule has 30 heavy (non-hydrogen) atoms. The minimum atomic E-state index is -0.494. The van der Waals surface area contributed by atoms with Gasteiger partial charge in [0.15, 0.2) is 17.3 Å². The summed E-state index contributed by atoms with van der Waals surface area (Å²) in [6.45, 7) is 2.73. The summed E-state index contributed by atoms with van der Waals surface area (Å²) in [6.07, 6.45) is 0.914. The number of hydrogen-bond donors (Lipinski definition) is 0. The molecule has 0 bridgehead atoms. The van der Waals surface area contributed by atoms with E-state index in [2.05, 4.69) is 4.90 Å². The van der Waals surface area contributed by atoms with E-state index in [1.807, 2.05) is 12.1 Å². The van der Waals surface area contributed by atoms with Crippen LogP contribution in [0.2, 0.25) is 0 Å². The van der Waals surface area contributed by atoms with E-state index < -0.39 is 6.04 Å². The van der Waals surface area contributed by atoms with Crippen LogP contribution in [0.5, 0.6) is 11.5 Å². The topological polar surface area (TPSA) is 76.2 Å². The smallest absolute Gasteiger partial charge is 0.251 e. The molecule has 2 heterocycles. The van der Waals surface area contributed by atoms with Crippen molar-refractivity contribution in [2.24, 2.45) is 0 Å². The number of benzene rings is 2. The molecular weight excluding hydrogens is 384 g/mol. The lowest BCUT2D eigenvalue weighted by Gasteiger charge is -2.32. The van der Waals surface area contributed by atoms with Gasteiger partial charge in [-0.2, -0.15) is 0 Å². The van der Waals surface area contributed by atoms with Crippen LogP contribution in [0.4, 0.5) is 5.69 Å². The molecule has 0 radical (unpaired) electrons. The highest BCUT2D eigenvalue weighted by Crippen LogP contribution is 2.35. The summed E-state index contributed by atoms with van der Waals surface area (Å²) in [4.78, 5) is 40.6. The Morgan fingerprint density at radius 1 is 1.00 bits per heavy atom. The Morgan fingerprint density at radius 2 is 1.63 bits per heavy atom. The van der Waals surface area contributed by atoms with Crippen molar-refractivity contribution in [3.63, 3.8) is 0 Å². The number of nitrogens with zero attached hydrogens (tertiary/aromatic N) is 2. The largest absolute Gasteiger partial charge is 0.493 e. The van der Waals surface area contributed by atoms with Crippen molar-refractivity contribution in [2.75, 3.05) is 25.7 Å². The molecule has 0 saturated carbocycles. The fraction of sp³-hybridized carbons (Fsp3) is 0.348. The van der Waals surface area contributed by atoms with Gasteiger partial charge in [0.25, 0.3) is 5.91 Å². The number of Topliss-reactive ketones (excluding diaryl/α,β-unsaturated/α-hetero) is 1. The normalized spacial score (nSPS) is 19.0. The monoisotopic (exact) mass is 408 g/mol. The van der Waals surface area contributed by atoms with Gasteiger partial charge in [-0.1, -0.05) is 0 Å². The fourth-order valence-electron chi connectivity index (χ4n) is 4.19. The molecule has 7 heteroatoms. The number of carbonyl (C=O) groups is 3. The van der Waals surface area contributed by atoms with Gasteiger partial charge in [0.05, 0.1) is 32.4 Å². The average Bonchev–Trinajstić information content (AvgIpc) is 3.06. The van der Waals surface area contributed by atoms with Gasteiger partial charge in [0.1, 0.15) is 0 Å². The van der Waals surface area contributed by atoms with Crippen molar-refractivity contribution < 1.29 is 23.9 Å². The van der Waals surface area contributed by atoms with Crippen LogP contribution in [-0.2, 0) is 22.6 Å². The van der Waals surface area contributed by atoms with Crippen molar-refractivity contribution in [3.05, 3.63) is 53.1 Å². The first kappa shape index (κ1) is 20.1. The molecule has 1 saturated heterocycles. The molecule has 7 nitrogen and oxygen atoms in total. The third-order valence-electron chi connectivity index (χ3n) is 5.84. The highest BCUT2D eigenvalue weighted by molar-refractivity contribution is 6.22. The second-order valence-electron chi connectivity index (χ2n) is 7.59. The number of hydrogen-bond acceptors (Lipinski definition) is 6. The predicted octanol–water partition coefficient (Wildman–Crippen LogP) is 2.60. The van der Waals surface area contributed by atoms with E-state index in [1.165, 1.54) is 11.8 Å². The van der Waals surface area contributed by atoms with E-state index in [-0.39, 0.29) is 24.0 Å². The summed E-state index contributed by atoms with van der Waals surface area (Å²) in [6, 6.07) is 10.0. The summed E-state index contributed by atoms with van der Waals surface area (Å²) in [5.74, 6) is 0.840. The van der Waals surface area contributed by atoms with Gasteiger partial charge in [-0.25, -0.2) is 4.90 Å². The second-order valence-corrected chi connectivity index (χ2v) is 7.59. The first-order valence-corrected chi connectivity index (χ1v) is 9.88. The zero-order valence-electron chi connectivity index (χ0n) is 17.3. The van der Waals surface area contributed by atoms with Gasteiger partial charge in [-0.15, -0.1) is 0 Å². The van der Waals surface area contributed by atoms with Crippen molar-refractivity contribution in [2.45, 2.75) is 32.4 Å². The van der Waals surface area contributed by atoms with Crippen molar-refractivity contribution in [3.8, 4) is 11.5 Å². The lowest BCUT2D eigenvalue weighted by Crippen LogP contribution is -2.44. The number of carbonyl (C=O) groups excluding carboxylic acids is 3. The molecule has 4 rings (SSSR count). The van der Waals surface area contributed by atoms with Crippen molar-refractivity contribution in [1.82, 2.24) is 4.90 Å². The van der Waals surface area contributed by atoms with E-state index in [0.717, 1.165) is 17.5 Å². The Hall–Kier alpha value is -3.19. The number of ketones is 1. The maximum absolute atomic E-state index is 13.1. The first-order valence-electron chi connectivity index (χ1n) is 9.88. The van der Waals surface area contributed by atoms with Gasteiger partial charge >= 0.3 is 0 Å². The number of anilines is 1. The molecule has 2 aliphatic rings. The molecule has 1 atom stereocenters. The summed E-state index contributed by atoms with van der Waals surface area (Å²) < 4.78 is 10.8. The number of imide groups is 1. The second kappa shape index (κ2) is 7.91. The van der Waals surface area contributed by atoms with Crippen LogP contribution in [0, 0.1) is 0 Å². The molecular formula is C23H24N2O5. The van der Waals surface area contributed by atoms with Crippen molar-refractivity contribution >= 4 is 23.3 Å². The van der Waals surface area contributed by atoms with Crippen LogP contribution in [0.1, 0.15) is 34.8 Å². The number of amides is 2. The Kier molecular flexibility index (Phi) is 5.30. The summed E-state index contributed by atoms with van der Waals surface area (Å²) in [7, 11) is 3.21. The van der Waals surface area contributed by atoms with E-state index in [9.17, 15) is 14.4 Å². The predicted molar refractivity (Wildman–Crippen MR) is 111 cm³/mol. The van der Waals surface area contributed by atoms with E-state index in [4.69, 9.17) is 9.47 Å². The fourth-order valence-corrected chi connectivity index (χ4v) is 4.19. The van der Waals surface area contributed by atoms with E-state index >= 15 is 0 Å². The molecule has 2 aromatic rings. The van der Waals surface area contributed by atoms with Crippen LogP contribution in [0.15, 0.2) is 36.4 Å². The zero-order chi connectivity index (χ0) is 21.4. The summed E-state index contributed by atoms with van der Waals surface area (Å²) in [5.41, 5.74) is 3.29. The van der Waals surface area contributed by atoms with E-state index in [0.29, 0.717) is 35.8 Å². The molecule has 0 N–H and O–H groups in total. The van der Waals surface area contributed by atoms with Crippen LogP contribution < -0.4 is 14.4 Å².